The summed E-state index contributed by atoms with van der Waals surface area (Å²) in [6, 6.07) is 24.5. The Hall–Kier alpha value is -4.50. The molecule has 0 atom stereocenters. The van der Waals surface area contributed by atoms with Crippen molar-refractivity contribution in [3.63, 3.8) is 0 Å². The van der Waals surface area contributed by atoms with Gasteiger partial charge in [-0.05, 0) is 103 Å². The van der Waals surface area contributed by atoms with Crippen LogP contribution in [0.4, 0.5) is 0 Å². The van der Waals surface area contributed by atoms with Gasteiger partial charge < -0.3 is 5.11 Å². The Labute approximate surface area is 233 Å². The minimum absolute atomic E-state index is 0.156. The van der Waals surface area contributed by atoms with E-state index in [4.69, 9.17) is 0 Å². The standard InChI is InChI=1S/C19H16O.C18H14O2/c1-11-3-7-15-13(9-11)5-6-14-10-12(2)4-8-16(14)18-17(15)19(18)20;1-10-2-6-14-11(8-10)3-4-12-9-13(19)5-7-15(12)17-16(14)18(17)20/h3-4,7-10H,5-6H2,1-2H3;2,5-9,19H,3-4H2,1H3. The molecule has 0 spiro atoms. The molecule has 40 heavy (non-hydrogen) atoms. The number of hydrogen-bond acceptors (Lipinski definition) is 3. The summed E-state index contributed by atoms with van der Waals surface area (Å²) in [6.45, 7) is 6.30. The zero-order valence-electron chi connectivity index (χ0n) is 23.0. The van der Waals surface area contributed by atoms with Crippen molar-refractivity contribution in [1.82, 2.24) is 0 Å². The summed E-state index contributed by atoms with van der Waals surface area (Å²) in [4.78, 5) is 24.4. The highest BCUT2D eigenvalue weighted by Gasteiger charge is 2.31. The average Bonchev–Trinajstić information content (AvgIpc) is 3.78. The zero-order valence-corrected chi connectivity index (χ0v) is 23.0. The van der Waals surface area contributed by atoms with Gasteiger partial charge in [-0.3, -0.25) is 9.59 Å². The Balaban J connectivity index is 0.000000132. The fourth-order valence-corrected chi connectivity index (χ4v) is 6.46. The van der Waals surface area contributed by atoms with Crippen LogP contribution >= 0.6 is 0 Å². The van der Waals surface area contributed by atoms with Gasteiger partial charge in [-0.25, -0.2) is 0 Å². The van der Waals surface area contributed by atoms with E-state index in [1.54, 1.807) is 12.1 Å². The van der Waals surface area contributed by atoms with Crippen molar-refractivity contribution in [1.29, 1.82) is 0 Å². The number of rotatable bonds is 0. The number of benzene rings is 4. The maximum absolute atomic E-state index is 12.2. The van der Waals surface area contributed by atoms with Crippen LogP contribution in [0.1, 0.15) is 38.9 Å². The molecule has 0 unspecified atom stereocenters. The van der Waals surface area contributed by atoms with E-state index >= 15 is 0 Å². The molecule has 196 valence electrons. The van der Waals surface area contributed by atoms with Crippen molar-refractivity contribution in [2.75, 3.05) is 0 Å². The highest BCUT2D eigenvalue weighted by Crippen LogP contribution is 2.42. The Morgan fingerprint density at radius 2 is 0.750 bits per heavy atom. The second-order valence-corrected chi connectivity index (χ2v) is 11.5. The van der Waals surface area contributed by atoms with Crippen LogP contribution < -0.4 is 10.9 Å². The normalized spacial score (nSPS) is 13.3. The van der Waals surface area contributed by atoms with E-state index in [1.807, 2.05) is 6.07 Å². The van der Waals surface area contributed by atoms with Crippen LogP contribution in [0.5, 0.6) is 5.75 Å². The predicted octanol–water partition coefficient (Wildman–Crippen LogP) is 7.34. The van der Waals surface area contributed by atoms with Crippen LogP contribution in [0, 0.1) is 20.8 Å². The minimum atomic E-state index is 0.156. The summed E-state index contributed by atoms with van der Waals surface area (Å²) >= 11 is 0. The van der Waals surface area contributed by atoms with E-state index < -0.39 is 0 Å². The highest BCUT2D eigenvalue weighted by molar-refractivity contribution is 5.97. The van der Waals surface area contributed by atoms with E-state index in [0.29, 0.717) is 0 Å². The van der Waals surface area contributed by atoms with Gasteiger partial charge in [0, 0.05) is 22.3 Å². The molecule has 3 heteroatoms. The molecule has 0 bridgehead atoms. The van der Waals surface area contributed by atoms with Crippen LogP contribution in [0.15, 0.2) is 82.4 Å². The smallest absolute Gasteiger partial charge is 0.195 e. The van der Waals surface area contributed by atoms with Crippen LogP contribution in [-0.2, 0) is 25.7 Å². The lowest BCUT2D eigenvalue weighted by atomic mass is 9.90. The van der Waals surface area contributed by atoms with Gasteiger partial charge in [0.25, 0.3) is 0 Å². The molecule has 0 aromatic heterocycles. The first kappa shape index (κ1) is 24.5. The van der Waals surface area contributed by atoms with E-state index in [2.05, 4.69) is 75.4 Å². The first-order valence-electron chi connectivity index (χ1n) is 14.0. The van der Waals surface area contributed by atoms with Gasteiger partial charge >= 0.3 is 0 Å². The topological polar surface area (TPSA) is 54.4 Å². The Bertz CT molecular complexity index is 1700. The second-order valence-electron chi connectivity index (χ2n) is 11.5. The van der Waals surface area contributed by atoms with Crippen LogP contribution in [0.2, 0.25) is 0 Å². The van der Waals surface area contributed by atoms with Gasteiger partial charge in [-0.15, -0.1) is 0 Å². The largest absolute Gasteiger partial charge is 0.508 e. The molecular weight excluding hydrogens is 492 g/mol. The maximum atomic E-state index is 12.2. The first-order valence-corrected chi connectivity index (χ1v) is 14.0. The van der Waals surface area contributed by atoms with Gasteiger partial charge in [-0.1, -0.05) is 77.4 Å². The van der Waals surface area contributed by atoms with Crippen molar-refractivity contribution in [2.24, 2.45) is 0 Å². The summed E-state index contributed by atoms with van der Waals surface area (Å²) in [5.74, 6) is 0.268. The number of phenolic OH excluding ortho intramolecular Hbond substituents is 1. The van der Waals surface area contributed by atoms with Crippen LogP contribution in [-0.4, -0.2) is 5.11 Å². The van der Waals surface area contributed by atoms with Gasteiger partial charge in [0.2, 0.25) is 0 Å². The van der Waals surface area contributed by atoms with E-state index in [9.17, 15) is 14.7 Å². The molecule has 3 nitrogen and oxygen atoms in total. The molecule has 6 aromatic rings. The third kappa shape index (κ3) is 4.05. The third-order valence-electron chi connectivity index (χ3n) is 8.56. The fraction of sp³-hybridized carbons (Fsp3) is 0.189. The molecular formula is C37H30O3. The predicted molar refractivity (Wildman–Crippen MR) is 163 cm³/mol. The van der Waals surface area contributed by atoms with E-state index in [-0.39, 0.29) is 16.6 Å². The number of phenols is 1. The molecule has 0 saturated heterocycles. The number of aromatic hydroxyl groups is 1. The molecule has 0 fully saturated rings. The van der Waals surface area contributed by atoms with Gasteiger partial charge in [0.1, 0.15) is 5.75 Å². The fourth-order valence-electron chi connectivity index (χ4n) is 6.46. The molecule has 0 aliphatic heterocycles. The van der Waals surface area contributed by atoms with Crippen molar-refractivity contribution < 1.29 is 5.11 Å². The number of hydrogen-bond donors (Lipinski definition) is 1. The summed E-state index contributed by atoms with van der Waals surface area (Å²) in [7, 11) is 0. The molecule has 6 aromatic carbocycles. The van der Waals surface area contributed by atoms with E-state index in [1.165, 1.54) is 33.4 Å². The molecule has 2 aliphatic carbocycles. The maximum Gasteiger partial charge on any atom is 0.195 e. The molecule has 1 N–H and O–H groups in total. The second kappa shape index (κ2) is 9.02. The van der Waals surface area contributed by atoms with Crippen molar-refractivity contribution in [3.8, 4) is 50.3 Å². The molecule has 0 saturated carbocycles. The lowest BCUT2D eigenvalue weighted by Gasteiger charge is -2.13. The summed E-state index contributed by atoms with van der Waals surface area (Å²) in [5, 5.41) is 9.65. The summed E-state index contributed by atoms with van der Waals surface area (Å²) in [5.41, 5.74) is 17.1. The molecule has 0 amide bonds. The summed E-state index contributed by atoms with van der Waals surface area (Å²) in [6.07, 6.45) is 3.77. The van der Waals surface area contributed by atoms with Gasteiger partial charge in [-0.2, -0.15) is 0 Å². The lowest BCUT2D eigenvalue weighted by molar-refractivity contribution is 0.474. The number of fused-ring (bicyclic) bond motifs is 10. The lowest BCUT2D eigenvalue weighted by Crippen LogP contribution is -1.98. The zero-order chi connectivity index (χ0) is 27.7. The first-order chi connectivity index (χ1) is 19.3. The average molecular weight is 523 g/mol. The third-order valence-corrected chi connectivity index (χ3v) is 8.56. The van der Waals surface area contributed by atoms with Crippen LogP contribution in [0.3, 0.4) is 0 Å². The van der Waals surface area contributed by atoms with Crippen molar-refractivity contribution in [2.45, 2.75) is 46.5 Å². The number of aryl methyl sites for hydroxylation is 7. The SMILES string of the molecule is Cc1ccc2c(c1)CCc1cc(C)ccc1-c1c-2c1=O.Cc1ccc2c(c1)CCc1cc(O)ccc1-c1c-2c1=O. The Morgan fingerprint density at radius 1 is 0.450 bits per heavy atom. The Morgan fingerprint density at radius 3 is 1.10 bits per heavy atom. The molecule has 0 heterocycles. The highest BCUT2D eigenvalue weighted by atomic mass is 16.3. The molecule has 8 rings (SSSR count). The van der Waals surface area contributed by atoms with Gasteiger partial charge in [0.05, 0.1) is 0 Å². The van der Waals surface area contributed by atoms with Crippen LogP contribution in [0.25, 0.3) is 44.5 Å². The molecule has 0 radical (unpaired) electrons. The van der Waals surface area contributed by atoms with Crippen molar-refractivity contribution >= 4 is 0 Å². The summed E-state index contributed by atoms with van der Waals surface area (Å²) < 4.78 is 0. The minimum Gasteiger partial charge on any atom is -0.508 e. The van der Waals surface area contributed by atoms with Crippen molar-refractivity contribution in [3.05, 3.63) is 132 Å². The molecule has 2 aliphatic rings. The van der Waals surface area contributed by atoms with Gasteiger partial charge in [0.15, 0.2) is 10.9 Å². The Kier molecular flexibility index (Phi) is 5.54. The van der Waals surface area contributed by atoms with E-state index in [0.717, 1.165) is 75.8 Å². The quantitative estimate of drug-likeness (QED) is 0.227. The monoisotopic (exact) mass is 522 g/mol.